The first-order chi connectivity index (χ1) is 15.7. The SMILES string of the molecule is CCOc1cc(C2C(C(=O)OCC(C)C)=C(C)N=C3SC(CC)C(=O)N32)ccc1OC(C)=O. The standard InChI is InChI=1S/C24H30N2O6S/c1-7-19-22(28)26-21(16-9-10-17(32-15(6)27)18(11-16)30-8-2)20(14(5)25-24(26)33-19)23(29)31-12-13(3)4/h9-11,13,19,21H,7-8,12H2,1-6H3. The maximum Gasteiger partial charge on any atom is 0.338 e. The molecule has 3 rings (SSSR count). The Morgan fingerprint density at radius 1 is 1.21 bits per heavy atom. The fraction of sp³-hybridized carbons (Fsp3) is 0.500. The number of nitrogens with zero attached hydrogens (tertiary/aromatic N) is 2. The number of hydrogen-bond donors (Lipinski definition) is 0. The van der Waals surface area contributed by atoms with E-state index in [1.54, 1.807) is 30.0 Å². The van der Waals surface area contributed by atoms with Crippen molar-refractivity contribution in [3.63, 3.8) is 0 Å². The smallest absolute Gasteiger partial charge is 0.338 e. The average molecular weight is 475 g/mol. The summed E-state index contributed by atoms with van der Waals surface area (Å²) in [5, 5.41) is 0.300. The molecular weight excluding hydrogens is 444 g/mol. The van der Waals surface area contributed by atoms with E-state index in [4.69, 9.17) is 14.2 Å². The molecule has 2 atom stereocenters. The third kappa shape index (κ3) is 5.24. The van der Waals surface area contributed by atoms with Crippen molar-refractivity contribution in [2.75, 3.05) is 13.2 Å². The van der Waals surface area contributed by atoms with Gasteiger partial charge in [0.05, 0.1) is 35.8 Å². The van der Waals surface area contributed by atoms with Crippen LogP contribution in [0.15, 0.2) is 34.5 Å². The number of aliphatic imine (C=N–C) groups is 1. The molecule has 2 aliphatic rings. The van der Waals surface area contributed by atoms with Gasteiger partial charge in [-0.3, -0.25) is 14.5 Å². The number of amidine groups is 1. The van der Waals surface area contributed by atoms with Gasteiger partial charge < -0.3 is 14.2 Å². The number of carbonyl (C=O) groups is 3. The van der Waals surface area contributed by atoms with Crippen LogP contribution in [0.4, 0.5) is 0 Å². The van der Waals surface area contributed by atoms with Gasteiger partial charge in [-0.25, -0.2) is 9.79 Å². The van der Waals surface area contributed by atoms with Crippen LogP contribution in [0.3, 0.4) is 0 Å². The number of amides is 1. The Kier molecular flexibility index (Phi) is 7.84. The summed E-state index contributed by atoms with van der Waals surface area (Å²) < 4.78 is 16.5. The minimum absolute atomic E-state index is 0.102. The summed E-state index contributed by atoms with van der Waals surface area (Å²) in [7, 11) is 0. The van der Waals surface area contributed by atoms with Gasteiger partial charge in [0.25, 0.3) is 0 Å². The summed E-state index contributed by atoms with van der Waals surface area (Å²) in [4.78, 5) is 44.1. The Labute approximate surface area is 198 Å². The van der Waals surface area contributed by atoms with E-state index in [1.807, 2.05) is 27.7 Å². The lowest BCUT2D eigenvalue weighted by Gasteiger charge is -2.33. The normalized spacial score (nSPS) is 20.0. The quantitative estimate of drug-likeness (QED) is 0.411. The first-order valence-electron chi connectivity index (χ1n) is 11.1. The Bertz CT molecular complexity index is 1020. The lowest BCUT2D eigenvalue weighted by molar-refractivity contribution is -0.141. The van der Waals surface area contributed by atoms with Gasteiger partial charge in [0, 0.05) is 6.92 Å². The molecule has 0 bridgehead atoms. The van der Waals surface area contributed by atoms with E-state index in [-0.39, 0.29) is 29.4 Å². The van der Waals surface area contributed by atoms with Gasteiger partial charge in [0.15, 0.2) is 16.7 Å². The first-order valence-corrected chi connectivity index (χ1v) is 12.0. The van der Waals surface area contributed by atoms with E-state index < -0.39 is 18.0 Å². The molecule has 1 saturated heterocycles. The number of ether oxygens (including phenoxy) is 3. The molecular formula is C24H30N2O6S. The van der Waals surface area contributed by atoms with Gasteiger partial charge in [0.2, 0.25) is 5.91 Å². The van der Waals surface area contributed by atoms with E-state index >= 15 is 0 Å². The maximum atomic E-state index is 13.3. The molecule has 33 heavy (non-hydrogen) atoms. The molecule has 0 radical (unpaired) electrons. The van der Waals surface area contributed by atoms with Crippen molar-refractivity contribution in [1.29, 1.82) is 0 Å². The number of benzene rings is 1. The number of hydrogen-bond acceptors (Lipinski definition) is 8. The highest BCUT2D eigenvalue weighted by Gasteiger charge is 2.47. The minimum Gasteiger partial charge on any atom is -0.490 e. The summed E-state index contributed by atoms with van der Waals surface area (Å²) >= 11 is 1.40. The third-order valence-corrected chi connectivity index (χ3v) is 6.45. The first kappa shape index (κ1) is 24.8. The molecule has 2 aliphatic heterocycles. The highest BCUT2D eigenvalue weighted by Crippen LogP contribution is 2.45. The van der Waals surface area contributed by atoms with Crippen molar-refractivity contribution in [3.8, 4) is 11.5 Å². The highest BCUT2D eigenvalue weighted by molar-refractivity contribution is 8.15. The molecule has 1 fully saturated rings. The second kappa shape index (κ2) is 10.4. The van der Waals surface area contributed by atoms with E-state index in [0.717, 1.165) is 0 Å². The summed E-state index contributed by atoms with van der Waals surface area (Å²) in [6.45, 7) is 11.4. The molecule has 1 aromatic rings. The van der Waals surface area contributed by atoms with Crippen LogP contribution in [-0.2, 0) is 19.1 Å². The van der Waals surface area contributed by atoms with E-state index in [1.165, 1.54) is 18.7 Å². The van der Waals surface area contributed by atoms with E-state index in [9.17, 15) is 14.4 Å². The Morgan fingerprint density at radius 2 is 1.94 bits per heavy atom. The summed E-state index contributed by atoms with van der Waals surface area (Å²) in [6.07, 6.45) is 0.646. The number of allylic oxidation sites excluding steroid dienone is 1. The lowest BCUT2D eigenvalue weighted by Crippen LogP contribution is -2.41. The maximum absolute atomic E-state index is 13.3. The number of rotatable bonds is 8. The van der Waals surface area contributed by atoms with Crippen LogP contribution in [-0.4, -0.2) is 46.4 Å². The fourth-order valence-electron chi connectivity index (χ4n) is 3.69. The Balaban J connectivity index is 2.12. The highest BCUT2D eigenvalue weighted by atomic mass is 32.2. The Hall–Kier alpha value is -2.81. The van der Waals surface area contributed by atoms with Crippen molar-refractivity contribution < 1.29 is 28.6 Å². The van der Waals surface area contributed by atoms with Gasteiger partial charge in [-0.05, 0) is 43.9 Å². The van der Waals surface area contributed by atoms with Crippen LogP contribution in [0.2, 0.25) is 0 Å². The molecule has 0 aliphatic carbocycles. The number of fused-ring (bicyclic) bond motifs is 1. The van der Waals surface area contributed by atoms with E-state index in [2.05, 4.69) is 4.99 Å². The third-order valence-electron chi connectivity index (χ3n) is 5.13. The van der Waals surface area contributed by atoms with Crippen molar-refractivity contribution in [3.05, 3.63) is 35.0 Å². The zero-order valence-electron chi connectivity index (χ0n) is 19.8. The average Bonchev–Trinajstić information content (AvgIpc) is 3.07. The van der Waals surface area contributed by atoms with Crippen molar-refractivity contribution in [2.24, 2.45) is 10.9 Å². The molecule has 9 heteroatoms. The molecule has 0 N–H and O–H groups in total. The minimum atomic E-state index is -0.723. The molecule has 1 aromatic carbocycles. The van der Waals surface area contributed by atoms with Crippen LogP contribution >= 0.6 is 11.8 Å². The van der Waals surface area contributed by atoms with Crippen LogP contribution < -0.4 is 9.47 Å². The monoisotopic (exact) mass is 474 g/mol. The van der Waals surface area contributed by atoms with Crippen LogP contribution in [0.5, 0.6) is 11.5 Å². The topological polar surface area (TPSA) is 94.5 Å². The molecule has 0 aromatic heterocycles. The van der Waals surface area contributed by atoms with Crippen LogP contribution in [0.1, 0.15) is 59.6 Å². The molecule has 178 valence electrons. The van der Waals surface area contributed by atoms with E-state index in [0.29, 0.717) is 40.8 Å². The zero-order valence-corrected chi connectivity index (χ0v) is 20.7. The summed E-state index contributed by atoms with van der Waals surface area (Å²) in [5.41, 5.74) is 1.47. The number of thioether (sulfide) groups is 1. The van der Waals surface area contributed by atoms with Crippen LogP contribution in [0, 0.1) is 5.92 Å². The van der Waals surface area contributed by atoms with Crippen LogP contribution in [0.25, 0.3) is 0 Å². The number of carbonyl (C=O) groups excluding carboxylic acids is 3. The fourth-order valence-corrected chi connectivity index (χ4v) is 4.82. The molecule has 8 nitrogen and oxygen atoms in total. The van der Waals surface area contributed by atoms with Crippen molar-refractivity contribution in [1.82, 2.24) is 4.90 Å². The molecule has 0 saturated carbocycles. The largest absolute Gasteiger partial charge is 0.490 e. The van der Waals surface area contributed by atoms with Gasteiger partial charge in [-0.15, -0.1) is 0 Å². The Morgan fingerprint density at radius 3 is 2.55 bits per heavy atom. The molecule has 0 spiro atoms. The van der Waals surface area contributed by atoms with Gasteiger partial charge >= 0.3 is 11.9 Å². The molecule has 1 amide bonds. The number of esters is 2. The molecule has 2 heterocycles. The van der Waals surface area contributed by atoms with Gasteiger partial charge in [0.1, 0.15) is 0 Å². The van der Waals surface area contributed by atoms with Gasteiger partial charge in [-0.1, -0.05) is 38.6 Å². The zero-order chi connectivity index (χ0) is 24.3. The van der Waals surface area contributed by atoms with Crippen molar-refractivity contribution in [2.45, 2.75) is 59.3 Å². The second-order valence-electron chi connectivity index (χ2n) is 8.24. The predicted molar refractivity (Wildman–Crippen MR) is 126 cm³/mol. The summed E-state index contributed by atoms with van der Waals surface area (Å²) in [6, 6.07) is 4.33. The molecule has 2 unspecified atom stereocenters. The lowest BCUT2D eigenvalue weighted by atomic mass is 9.93. The summed E-state index contributed by atoms with van der Waals surface area (Å²) in [5.74, 6) is -0.286. The van der Waals surface area contributed by atoms with Crippen molar-refractivity contribution >= 4 is 34.8 Å². The predicted octanol–water partition coefficient (Wildman–Crippen LogP) is 4.25. The van der Waals surface area contributed by atoms with Gasteiger partial charge in [-0.2, -0.15) is 0 Å². The second-order valence-corrected chi connectivity index (χ2v) is 9.41.